The third kappa shape index (κ3) is 3.42. The molecule has 0 fully saturated rings. The summed E-state index contributed by atoms with van der Waals surface area (Å²) in [5.74, 6) is 0.472. The molecule has 1 aliphatic rings. The smallest absolute Gasteiger partial charge is 0.339 e. The molecule has 0 saturated heterocycles. The maximum atomic E-state index is 12.7. The summed E-state index contributed by atoms with van der Waals surface area (Å²) in [6, 6.07) is 20.1. The number of H-pyrrole nitrogens is 1. The van der Waals surface area contributed by atoms with Crippen molar-refractivity contribution in [1.82, 2.24) is 4.98 Å². The third-order valence-corrected chi connectivity index (χ3v) is 5.97. The molecule has 2 N–H and O–H groups in total. The summed E-state index contributed by atoms with van der Waals surface area (Å²) in [5, 5.41) is 4.44. The van der Waals surface area contributed by atoms with Gasteiger partial charge < -0.3 is 19.8 Å². The Morgan fingerprint density at radius 1 is 1.03 bits per heavy atom. The van der Waals surface area contributed by atoms with Crippen LogP contribution >= 0.6 is 0 Å². The maximum absolute atomic E-state index is 12.7. The average Bonchev–Trinajstić information content (AvgIpc) is 3.37. The van der Waals surface area contributed by atoms with Gasteiger partial charge in [0.15, 0.2) is 6.10 Å². The van der Waals surface area contributed by atoms with Gasteiger partial charge in [-0.25, -0.2) is 4.79 Å². The van der Waals surface area contributed by atoms with E-state index in [4.69, 9.17) is 9.47 Å². The molecule has 1 unspecified atom stereocenters. The van der Waals surface area contributed by atoms with Crippen molar-refractivity contribution in [1.29, 1.82) is 0 Å². The van der Waals surface area contributed by atoms with Gasteiger partial charge in [-0.15, -0.1) is 0 Å². The number of hydrogen-bond acceptors (Lipinski definition) is 4. The molecule has 2 heterocycles. The number of anilines is 1. The monoisotopic (exact) mass is 412 g/mol. The summed E-state index contributed by atoms with van der Waals surface area (Å²) < 4.78 is 11.2. The number of fused-ring (bicyclic) bond motifs is 2. The summed E-state index contributed by atoms with van der Waals surface area (Å²) in [7, 11) is 1.64. The van der Waals surface area contributed by atoms with Crippen molar-refractivity contribution in [3.8, 4) is 5.75 Å². The number of ether oxygens (including phenoxy) is 2. The highest BCUT2D eigenvalue weighted by Crippen LogP contribution is 2.40. The first-order valence-electron chi connectivity index (χ1n) is 10.5. The minimum absolute atomic E-state index is 0.296. The quantitative estimate of drug-likeness (QED) is 0.404. The fourth-order valence-corrected chi connectivity index (χ4v) is 4.27. The maximum Gasteiger partial charge on any atom is 0.339 e. The van der Waals surface area contributed by atoms with Crippen LogP contribution in [0.2, 0.25) is 0 Å². The lowest BCUT2D eigenvalue weighted by Gasteiger charge is -2.12. The number of benzene rings is 3. The van der Waals surface area contributed by atoms with Crippen molar-refractivity contribution in [3.63, 3.8) is 0 Å². The average molecular weight is 412 g/mol. The number of aryl methyl sites for hydroxylation is 1. The first kappa shape index (κ1) is 19.2. The van der Waals surface area contributed by atoms with Crippen LogP contribution in [-0.2, 0) is 17.7 Å². The Labute approximate surface area is 181 Å². The third-order valence-electron chi connectivity index (χ3n) is 5.97. The minimum atomic E-state index is -0.432. The molecule has 0 bridgehead atoms. The minimum Gasteiger partial charge on any atom is -0.497 e. The van der Waals surface area contributed by atoms with Gasteiger partial charge in [-0.2, -0.15) is 0 Å². The summed E-state index contributed by atoms with van der Waals surface area (Å²) >= 11 is 0. The molecule has 0 saturated carbocycles. The molecule has 5 nitrogen and oxygen atoms in total. The molecular formula is C26H24N2O3. The number of carbonyl (C=O) groups excluding carboxylic acids is 1. The van der Waals surface area contributed by atoms with Crippen molar-refractivity contribution < 1.29 is 14.3 Å². The van der Waals surface area contributed by atoms with Crippen molar-refractivity contribution >= 4 is 22.6 Å². The number of carbonyl (C=O) groups is 1. The van der Waals surface area contributed by atoms with Crippen LogP contribution in [0.3, 0.4) is 0 Å². The summed E-state index contributed by atoms with van der Waals surface area (Å²) in [4.78, 5) is 15.9. The van der Waals surface area contributed by atoms with Crippen molar-refractivity contribution in [3.05, 3.63) is 94.7 Å². The highest BCUT2D eigenvalue weighted by molar-refractivity contribution is 5.97. The Morgan fingerprint density at radius 2 is 1.87 bits per heavy atom. The molecular weight excluding hydrogens is 388 g/mol. The molecule has 1 aromatic heterocycles. The molecule has 156 valence electrons. The fraction of sp³-hybridized carbons (Fsp3) is 0.192. The number of esters is 1. The molecule has 31 heavy (non-hydrogen) atoms. The standard InChI is InChI=1S/C26H24N2O3/c1-3-16-6-4-5-7-17(16)14-27-18-8-10-20-22(12-18)26(29)31-25(20)23-15-28-24-11-9-19(30-2)13-21(23)24/h4-13,15,25,27-28H,3,14H2,1-2H3. The van der Waals surface area contributed by atoms with Gasteiger partial charge in [0, 0.05) is 40.5 Å². The van der Waals surface area contributed by atoms with Gasteiger partial charge in [0.25, 0.3) is 0 Å². The molecule has 1 aliphatic heterocycles. The van der Waals surface area contributed by atoms with Crippen molar-refractivity contribution in [2.24, 2.45) is 0 Å². The molecule has 3 aromatic carbocycles. The Hall–Kier alpha value is -3.73. The van der Waals surface area contributed by atoms with Gasteiger partial charge in [0.05, 0.1) is 12.7 Å². The first-order chi connectivity index (χ1) is 15.2. The topological polar surface area (TPSA) is 63.3 Å². The van der Waals surface area contributed by atoms with E-state index < -0.39 is 6.10 Å². The zero-order valence-electron chi connectivity index (χ0n) is 17.6. The number of aromatic amines is 1. The van der Waals surface area contributed by atoms with Crippen LogP contribution in [0.1, 0.15) is 45.6 Å². The predicted octanol–water partition coefficient (Wildman–Crippen LogP) is 5.61. The summed E-state index contributed by atoms with van der Waals surface area (Å²) in [6.45, 7) is 2.87. The molecule has 1 atom stereocenters. The lowest BCUT2D eigenvalue weighted by molar-refractivity contribution is 0.0458. The van der Waals surface area contributed by atoms with Crippen molar-refractivity contribution in [2.45, 2.75) is 26.0 Å². The van der Waals surface area contributed by atoms with Gasteiger partial charge in [-0.3, -0.25) is 0 Å². The van der Waals surface area contributed by atoms with E-state index in [2.05, 4.69) is 41.5 Å². The van der Waals surface area contributed by atoms with Crippen molar-refractivity contribution in [2.75, 3.05) is 12.4 Å². The molecule has 4 aromatic rings. The number of rotatable bonds is 6. The van der Waals surface area contributed by atoms with E-state index >= 15 is 0 Å². The zero-order chi connectivity index (χ0) is 21.4. The molecule has 5 heteroatoms. The Kier molecular flexibility index (Phi) is 4.86. The summed E-state index contributed by atoms with van der Waals surface area (Å²) in [6.07, 6.45) is 2.47. The van der Waals surface area contributed by atoms with E-state index in [1.807, 2.05) is 42.6 Å². The molecule has 0 radical (unpaired) electrons. The Bertz CT molecular complexity index is 1270. The van der Waals surface area contributed by atoms with Gasteiger partial charge in [0.1, 0.15) is 5.75 Å². The lowest BCUT2D eigenvalue weighted by Crippen LogP contribution is -2.03. The first-order valence-corrected chi connectivity index (χ1v) is 10.5. The second-order valence-electron chi connectivity index (χ2n) is 7.72. The van der Waals surface area contributed by atoms with E-state index in [1.165, 1.54) is 11.1 Å². The Morgan fingerprint density at radius 3 is 2.68 bits per heavy atom. The number of hydrogen-bond donors (Lipinski definition) is 2. The van der Waals surface area contributed by atoms with Crippen LogP contribution in [0.5, 0.6) is 5.75 Å². The number of methoxy groups -OCH3 is 1. The predicted molar refractivity (Wildman–Crippen MR) is 122 cm³/mol. The largest absolute Gasteiger partial charge is 0.497 e. The second-order valence-corrected chi connectivity index (χ2v) is 7.72. The highest BCUT2D eigenvalue weighted by Gasteiger charge is 2.34. The zero-order valence-corrected chi connectivity index (χ0v) is 17.6. The SMILES string of the molecule is CCc1ccccc1CNc1ccc2c(c1)C(=O)OC2c1c[nH]c2ccc(OC)cc12. The van der Waals surface area contributed by atoms with Crippen LogP contribution in [0, 0.1) is 0 Å². The van der Waals surface area contributed by atoms with E-state index in [0.717, 1.165) is 39.9 Å². The second kappa shape index (κ2) is 7.84. The molecule has 0 aliphatic carbocycles. The fourth-order valence-electron chi connectivity index (χ4n) is 4.27. The molecule has 0 spiro atoms. The van der Waals surface area contributed by atoms with Crippen LogP contribution < -0.4 is 10.1 Å². The van der Waals surface area contributed by atoms with Gasteiger partial charge >= 0.3 is 5.97 Å². The highest BCUT2D eigenvalue weighted by atomic mass is 16.5. The lowest BCUT2D eigenvalue weighted by atomic mass is 9.98. The molecule has 5 rings (SSSR count). The number of aromatic nitrogens is 1. The van der Waals surface area contributed by atoms with Crippen LogP contribution in [0.4, 0.5) is 5.69 Å². The normalized spacial score (nSPS) is 15.0. The van der Waals surface area contributed by atoms with Crippen LogP contribution in [0.25, 0.3) is 10.9 Å². The van der Waals surface area contributed by atoms with E-state index in [0.29, 0.717) is 12.1 Å². The summed E-state index contributed by atoms with van der Waals surface area (Å²) in [5.41, 5.74) is 6.89. The van der Waals surface area contributed by atoms with E-state index in [-0.39, 0.29) is 5.97 Å². The van der Waals surface area contributed by atoms with Gasteiger partial charge in [-0.05, 0) is 47.9 Å². The van der Waals surface area contributed by atoms with Crippen LogP contribution in [-0.4, -0.2) is 18.1 Å². The number of nitrogens with one attached hydrogen (secondary N) is 2. The van der Waals surface area contributed by atoms with E-state index in [9.17, 15) is 4.79 Å². The molecule has 0 amide bonds. The van der Waals surface area contributed by atoms with E-state index in [1.54, 1.807) is 7.11 Å². The van der Waals surface area contributed by atoms with Gasteiger partial charge in [-0.1, -0.05) is 37.3 Å². The number of cyclic esters (lactones) is 1. The Balaban J connectivity index is 1.43. The van der Waals surface area contributed by atoms with Gasteiger partial charge in [0.2, 0.25) is 0 Å². The van der Waals surface area contributed by atoms with Crippen LogP contribution in [0.15, 0.2) is 66.9 Å².